The molecule has 0 fully saturated rings. The average Bonchev–Trinajstić information content (AvgIpc) is 2.21. The maximum absolute atomic E-state index is 11.2. The first-order valence-corrected chi connectivity index (χ1v) is 5.47. The van der Waals surface area contributed by atoms with Gasteiger partial charge >= 0.3 is 5.97 Å². The molecule has 1 rings (SSSR count). The molecule has 0 radical (unpaired) electrons. The number of rotatable bonds is 5. The highest BCUT2D eigenvalue weighted by atomic mass is 16.5. The lowest BCUT2D eigenvalue weighted by Crippen LogP contribution is -2.41. The second-order valence-corrected chi connectivity index (χ2v) is 4.15. The van der Waals surface area contributed by atoms with Crippen LogP contribution < -0.4 is 4.74 Å². The van der Waals surface area contributed by atoms with Gasteiger partial charge in [0.05, 0.1) is 0 Å². The van der Waals surface area contributed by atoms with E-state index >= 15 is 0 Å². The monoisotopic (exact) mass is 222 g/mol. The van der Waals surface area contributed by atoms with Gasteiger partial charge in [0.25, 0.3) is 0 Å². The fourth-order valence-corrected chi connectivity index (χ4v) is 1.59. The van der Waals surface area contributed by atoms with E-state index in [2.05, 4.69) is 0 Å². The Balaban J connectivity index is 2.92. The van der Waals surface area contributed by atoms with Crippen molar-refractivity contribution >= 4 is 5.97 Å². The summed E-state index contributed by atoms with van der Waals surface area (Å²) in [6.07, 6.45) is 1.27. The van der Waals surface area contributed by atoms with Gasteiger partial charge in [-0.15, -0.1) is 0 Å². The predicted molar refractivity (Wildman–Crippen MR) is 62.8 cm³/mol. The van der Waals surface area contributed by atoms with Crippen LogP contribution in [0.15, 0.2) is 24.3 Å². The molecule has 1 aromatic carbocycles. The molecule has 0 aliphatic rings. The molecular formula is C13H18O3. The van der Waals surface area contributed by atoms with Crippen molar-refractivity contribution in [3.8, 4) is 5.75 Å². The Morgan fingerprint density at radius 1 is 1.44 bits per heavy atom. The Hall–Kier alpha value is -1.51. The first-order valence-electron chi connectivity index (χ1n) is 5.47. The van der Waals surface area contributed by atoms with Crippen LogP contribution in [-0.2, 0) is 4.79 Å². The third-order valence-electron chi connectivity index (χ3n) is 2.61. The molecule has 1 aromatic rings. The quantitative estimate of drug-likeness (QED) is 0.833. The fraction of sp³-hybridized carbons (Fsp3) is 0.462. The number of hydrogen-bond donors (Lipinski definition) is 1. The maximum atomic E-state index is 11.2. The van der Waals surface area contributed by atoms with Crippen LogP contribution in [0.1, 0.15) is 32.3 Å². The molecule has 0 bridgehead atoms. The van der Waals surface area contributed by atoms with Crippen LogP contribution in [0.25, 0.3) is 0 Å². The predicted octanol–water partition coefficient (Wildman–Crippen LogP) is 3.02. The summed E-state index contributed by atoms with van der Waals surface area (Å²) < 4.78 is 5.64. The largest absolute Gasteiger partial charge is 0.478 e. The summed E-state index contributed by atoms with van der Waals surface area (Å²) in [6, 6.07) is 7.45. The molecule has 1 N–H and O–H groups in total. The Morgan fingerprint density at radius 3 is 2.56 bits per heavy atom. The van der Waals surface area contributed by atoms with Crippen LogP contribution in [0.3, 0.4) is 0 Å². The van der Waals surface area contributed by atoms with Crippen molar-refractivity contribution in [1.29, 1.82) is 0 Å². The zero-order valence-electron chi connectivity index (χ0n) is 9.99. The van der Waals surface area contributed by atoms with Gasteiger partial charge in [-0.25, -0.2) is 4.79 Å². The molecule has 0 aromatic heterocycles. The highest BCUT2D eigenvalue weighted by Gasteiger charge is 2.34. The lowest BCUT2D eigenvalue weighted by atomic mass is 10.0. The van der Waals surface area contributed by atoms with Gasteiger partial charge in [0, 0.05) is 0 Å². The number of carbonyl (C=O) groups is 1. The first-order chi connectivity index (χ1) is 7.49. The molecule has 0 aliphatic heterocycles. The van der Waals surface area contributed by atoms with Gasteiger partial charge in [-0.3, -0.25) is 0 Å². The minimum absolute atomic E-state index is 0.497. The summed E-state index contributed by atoms with van der Waals surface area (Å²) in [6.45, 7) is 5.47. The molecule has 16 heavy (non-hydrogen) atoms. The van der Waals surface area contributed by atoms with E-state index in [0.29, 0.717) is 12.2 Å². The Kier molecular flexibility index (Phi) is 3.93. The van der Waals surface area contributed by atoms with Crippen molar-refractivity contribution in [2.45, 2.75) is 39.2 Å². The third kappa shape index (κ3) is 2.75. The molecule has 0 saturated heterocycles. The topological polar surface area (TPSA) is 46.5 Å². The van der Waals surface area contributed by atoms with Crippen LogP contribution in [0.2, 0.25) is 0 Å². The van der Waals surface area contributed by atoms with E-state index in [1.165, 1.54) is 0 Å². The summed E-state index contributed by atoms with van der Waals surface area (Å²) in [5.74, 6) is -0.279. The molecule has 0 saturated carbocycles. The standard InChI is InChI=1S/C13H18O3/c1-4-9-13(3,12(14)15)16-11-8-6-5-7-10(11)2/h5-8H,4,9H2,1-3H3,(H,14,15). The van der Waals surface area contributed by atoms with Crippen LogP contribution in [-0.4, -0.2) is 16.7 Å². The van der Waals surface area contributed by atoms with Gasteiger partial charge in [-0.05, 0) is 31.9 Å². The van der Waals surface area contributed by atoms with E-state index in [1.807, 2.05) is 32.0 Å². The van der Waals surface area contributed by atoms with Gasteiger partial charge in [-0.1, -0.05) is 31.5 Å². The molecule has 0 heterocycles. The maximum Gasteiger partial charge on any atom is 0.347 e. The van der Waals surface area contributed by atoms with Crippen molar-refractivity contribution < 1.29 is 14.6 Å². The lowest BCUT2D eigenvalue weighted by Gasteiger charge is -2.26. The Bertz CT molecular complexity index is 373. The van der Waals surface area contributed by atoms with Gasteiger partial charge in [0.2, 0.25) is 5.60 Å². The van der Waals surface area contributed by atoms with Crippen molar-refractivity contribution in [3.05, 3.63) is 29.8 Å². The van der Waals surface area contributed by atoms with Gasteiger partial charge < -0.3 is 9.84 Å². The van der Waals surface area contributed by atoms with Gasteiger partial charge in [0.1, 0.15) is 5.75 Å². The molecule has 3 heteroatoms. The highest BCUT2D eigenvalue weighted by Crippen LogP contribution is 2.25. The Labute approximate surface area is 96.1 Å². The second kappa shape index (κ2) is 5.01. The summed E-state index contributed by atoms with van der Waals surface area (Å²) in [7, 11) is 0. The van der Waals surface area contributed by atoms with E-state index in [0.717, 1.165) is 12.0 Å². The van der Waals surface area contributed by atoms with Crippen LogP contribution in [0, 0.1) is 6.92 Å². The van der Waals surface area contributed by atoms with E-state index < -0.39 is 11.6 Å². The summed E-state index contributed by atoms with van der Waals surface area (Å²) >= 11 is 0. The van der Waals surface area contributed by atoms with Gasteiger partial charge in [-0.2, -0.15) is 0 Å². The van der Waals surface area contributed by atoms with Crippen molar-refractivity contribution in [3.63, 3.8) is 0 Å². The molecule has 1 atom stereocenters. The zero-order chi connectivity index (χ0) is 12.2. The normalized spacial score (nSPS) is 14.2. The smallest absolute Gasteiger partial charge is 0.347 e. The highest BCUT2D eigenvalue weighted by molar-refractivity contribution is 5.77. The molecule has 1 unspecified atom stereocenters. The van der Waals surface area contributed by atoms with Crippen LogP contribution in [0.4, 0.5) is 0 Å². The SMILES string of the molecule is CCCC(C)(Oc1ccccc1C)C(=O)O. The number of benzene rings is 1. The van der Waals surface area contributed by atoms with Crippen molar-refractivity contribution in [2.24, 2.45) is 0 Å². The number of hydrogen-bond acceptors (Lipinski definition) is 2. The van der Waals surface area contributed by atoms with Crippen molar-refractivity contribution in [2.75, 3.05) is 0 Å². The molecule has 0 amide bonds. The van der Waals surface area contributed by atoms with E-state index in [-0.39, 0.29) is 0 Å². The third-order valence-corrected chi connectivity index (χ3v) is 2.61. The Morgan fingerprint density at radius 2 is 2.06 bits per heavy atom. The molecule has 0 spiro atoms. The number of para-hydroxylation sites is 1. The lowest BCUT2D eigenvalue weighted by molar-refractivity contribution is -0.154. The molecule has 88 valence electrons. The summed E-state index contributed by atoms with van der Waals surface area (Å²) in [4.78, 5) is 11.2. The van der Waals surface area contributed by atoms with E-state index in [4.69, 9.17) is 4.74 Å². The van der Waals surface area contributed by atoms with E-state index in [9.17, 15) is 9.90 Å². The second-order valence-electron chi connectivity index (χ2n) is 4.15. The summed E-state index contributed by atoms with van der Waals surface area (Å²) in [5.41, 5.74) is -0.188. The van der Waals surface area contributed by atoms with Gasteiger partial charge in [0.15, 0.2) is 0 Å². The number of carboxylic acid groups (broad SMARTS) is 1. The molecule has 0 aliphatic carbocycles. The average molecular weight is 222 g/mol. The first kappa shape index (κ1) is 12.6. The summed E-state index contributed by atoms with van der Waals surface area (Å²) in [5, 5.41) is 9.19. The minimum Gasteiger partial charge on any atom is -0.478 e. The molecular weight excluding hydrogens is 204 g/mol. The zero-order valence-corrected chi connectivity index (χ0v) is 9.99. The number of aryl methyl sites for hydroxylation is 1. The van der Waals surface area contributed by atoms with Crippen LogP contribution >= 0.6 is 0 Å². The molecule has 3 nitrogen and oxygen atoms in total. The number of aliphatic carboxylic acids is 1. The van der Waals surface area contributed by atoms with Crippen LogP contribution in [0.5, 0.6) is 5.75 Å². The fourth-order valence-electron chi connectivity index (χ4n) is 1.59. The van der Waals surface area contributed by atoms with Crippen molar-refractivity contribution in [1.82, 2.24) is 0 Å². The van der Waals surface area contributed by atoms with E-state index in [1.54, 1.807) is 13.0 Å². The number of ether oxygens (including phenoxy) is 1. The minimum atomic E-state index is -1.14. The number of carboxylic acids is 1.